The molecule has 0 spiro atoms. The van der Waals surface area contributed by atoms with Gasteiger partial charge in [0.2, 0.25) is 0 Å². The van der Waals surface area contributed by atoms with E-state index in [1.54, 1.807) is 7.05 Å². The summed E-state index contributed by atoms with van der Waals surface area (Å²) in [7, 11) is 3.74. The van der Waals surface area contributed by atoms with E-state index >= 15 is 0 Å². The monoisotopic (exact) mass is 250 g/mol. The topological polar surface area (TPSA) is 25.2 Å². The number of nitrogens with zero attached hydrogens (tertiary/aromatic N) is 2. The van der Waals surface area contributed by atoms with Gasteiger partial charge < -0.3 is 9.47 Å². The Balaban J connectivity index is 2.22. The first kappa shape index (κ1) is 12.0. The van der Waals surface area contributed by atoms with Crippen molar-refractivity contribution in [2.75, 3.05) is 13.6 Å². The molecule has 0 saturated heterocycles. The lowest BCUT2D eigenvalue weighted by molar-refractivity contribution is 0.232. The molecule has 0 radical (unpaired) electrons. The zero-order chi connectivity index (χ0) is 12.4. The highest BCUT2D eigenvalue weighted by Crippen LogP contribution is 2.20. The number of hydrogen-bond donors (Lipinski definition) is 0. The van der Waals surface area contributed by atoms with Crippen LogP contribution in [0.25, 0.3) is 10.9 Å². The molecule has 0 aliphatic carbocycles. The van der Waals surface area contributed by atoms with E-state index in [4.69, 9.17) is 11.6 Å². The minimum Gasteiger partial charge on any atom is -0.350 e. The summed E-state index contributed by atoms with van der Waals surface area (Å²) >= 11 is 5.40. The molecular weight excluding hydrogens is 236 g/mol. The molecule has 1 aromatic carbocycles. The van der Waals surface area contributed by atoms with Gasteiger partial charge in [0.05, 0.1) is 0 Å². The molecule has 1 aromatic heterocycles. The molecule has 0 fully saturated rings. The summed E-state index contributed by atoms with van der Waals surface area (Å²) in [6, 6.07) is 8.26. The van der Waals surface area contributed by atoms with Gasteiger partial charge in [0.25, 0.3) is 0 Å². The zero-order valence-corrected chi connectivity index (χ0v) is 10.7. The van der Waals surface area contributed by atoms with E-state index in [0.29, 0.717) is 6.54 Å². The van der Waals surface area contributed by atoms with Crippen LogP contribution >= 0.6 is 11.6 Å². The van der Waals surface area contributed by atoms with Gasteiger partial charge in [0.15, 0.2) is 0 Å². The van der Waals surface area contributed by atoms with E-state index in [1.807, 2.05) is 19.2 Å². The third kappa shape index (κ3) is 2.44. The lowest BCUT2D eigenvalue weighted by Gasteiger charge is -2.12. The summed E-state index contributed by atoms with van der Waals surface area (Å²) < 4.78 is 2.10. The number of aromatic nitrogens is 1. The Morgan fingerprint density at radius 3 is 2.82 bits per heavy atom. The summed E-state index contributed by atoms with van der Waals surface area (Å²) in [6.45, 7) is 0.635. The molecular formula is C13H15ClN2O. The zero-order valence-electron chi connectivity index (χ0n) is 9.98. The molecule has 0 unspecified atom stereocenters. The number of rotatable bonds is 3. The van der Waals surface area contributed by atoms with Crippen LogP contribution in [0.15, 0.2) is 30.5 Å². The molecule has 0 atom stereocenters. The predicted octanol–water partition coefficient (Wildman–Crippen LogP) is 3.01. The quantitative estimate of drug-likeness (QED) is 0.607. The van der Waals surface area contributed by atoms with Crippen LogP contribution in [0.5, 0.6) is 0 Å². The molecule has 0 bridgehead atoms. The first-order valence-corrected chi connectivity index (χ1v) is 5.91. The van der Waals surface area contributed by atoms with Crippen molar-refractivity contribution >= 4 is 27.9 Å². The van der Waals surface area contributed by atoms with Crippen molar-refractivity contribution in [3.05, 3.63) is 36.0 Å². The van der Waals surface area contributed by atoms with Gasteiger partial charge in [-0.25, -0.2) is 0 Å². The minimum absolute atomic E-state index is 0.412. The minimum atomic E-state index is -0.412. The van der Waals surface area contributed by atoms with Crippen LogP contribution in [0.1, 0.15) is 5.56 Å². The summed E-state index contributed by atoms with van der Waals surface area (Å²) in [5.41, 5.74) is 2.45. The van der Waals surface area contributed by atoms with Crippen LogP contribution in [-0.2, 0) is 13.5 Å². The maximum Gasteiger partial charge on any atom is 0.316 e. The average molecular weight is 251 g/mol. The Labute approximate surface area is 106 Å². The lowest BCUT2D eigenvalue weighted by atomic mass is 10.1. The third-order valence-electron chi connectivity index (χ3n) is 3.00. The summed E-state index contributed by atoms with van der Waals surface area (Å²) in [5.74, 6) is 0. The summed E-state index contributed by atoms with van der Waals surface area (Å²) in [4.78, 5) is 12.4. The smallest absolute Gasteiger partial charge is 0.316 e. The highest BCUT2D eigenvalue weighted by molar-refractivity contribution is 6.62. The fraction of sp³-hybridized carbons (Fsp3) is 0.308. The van der Waals surface area contributed by atoms with Crippen LogP contribution < -0.4 is 0 Å². The standard InChI is InChI=1S/C13H15ClN2O/c1-15(13(14)17)8-7-10-9-16(2)12-6-4-3-5-11(10)12/h3-6,9H,7-8H2,1-2H3. The predicted molar refractivity (Wildman–Crippen MR) is 70.5 cm³/mol. The van der Waals surface area contributed by atoms with Crippen LogP contribution in [0.3, 0.4) is 0 Å². The normalized spacial score (nSPS) is 10.8. The molecule has 90 valence electrons. The Hall–Kier alpha value is -1.48. The van der Waals surface area contributed by atoms with Crippen molar-refractivity contribution in [3.8, 4) is 0 Å². The fourth-order valence-corrected chi connectivity index (χ4v) is 2.09. The second kappa shape index (κ2) is 4.80. The third-order valence-corrected chi connectivity index (χ3v) is 3.28. The molecule has 4 heteroatoms. The first-order chi connectivity index (χ1) is 8.09. The van der Waals surface area contributed by atoms with Gasteiger partial charge in [0, 0.05) is 37.7 Å². The van der Waals surface area contributed by atoms with Gasteiger partial charge in [-0.3, -0.25) is 4.79 Å². The molecule has 2 aromatic rings. The number of hydrogen-bond acceptors (Lipinski definition) is 1. The van der Waals surface area contributed by atoms with Crippen molar-refractivity contribution in [3.63, 3.8) is 0 Å². The first-order valence-electron chi connectivity index (χ1n) is 5.53. The number of likely N-dealkylation sites (N-methyl/N-ethyl adjacent to an activating group) is 1. The van der Waals surface area contributed by atoms with Crippen LogP contribution in [0.2, 0.25) is 0 Å². The van der Waals surface area contributed by atoms with Crippen molar-refractivity contribution in [2.45, 2.75) is 6.42 Å². The number of amides is 1. The molecule has 17 heavy (non-hydrogen) atoms. The largest absolute Gasteiger partial charge is 0.350 e. The van der Waals surface area contributed by atoms with Gasteiger partial charge >= 0.3 is 5.37 Å². The number of carbonyl (C=O) groups excluding carboxylic acids is 1. The Kier molecular flexibility index (Phi) is 3.38. The van der Waals surface area contributed by atoms with Crippen LogP contribution in [-0.4, -0.2) is 28.4 Å². The molecule has 0 saturated carbocycles. The molecule has 0 N–H and O–H groups in total. The van der Waals surface area contributed by atoms with Gasteiger partial charge in [-0.2, -0.15) is 0 Å². The van der Waals surface area contributed by atoms with Crippen molar-refractivity contribution in [1.29, 1.82) is 0 Å². The molecule has 3 nitrogen and oxygen atoms in total. The molecule has 2 rings (SSSR count). The molecule has 1 amide bonds. The SMILES string of the molecule is CN(CCc1cn(C)c2ccccc12)C(=O)Cl. The second-order valence-electron chi connectivity index (χ2n) is 4.21. The van der Waals surface area contributed by atoms with Gasteiger partial charge in [0.1, 0.15) is 0 Å². The Bertz CT molecular complexity index is 547. The average Bonchev–Trinajstić information content (AvgIpc) is 2.64. The van der Waals surface area contributed by atoms with E-state index < -0.39 is 5.37 Å². The van der Waals surface area contributed by atoms with Crippen LogP contribution in [0, 0.1) is 0 Å². The van der Waals surface area contributed by atoms with Gasteiger partial charge in [-0.05, 0) is 29.7 Å². The number of fused-ring (bicyclic) bond motifs is 1. The molecule has 1 heterocycles. The Morgan fingerprint density at radius 2 is 2.12 bits per heavy atom. The maximum atomic E-state index is 10.9. The maximum absolute atomic E-state index is 10.9. The second-order valence-corrected chi connectivity index (χ2v) is 4.53. The van der Waals surface area contributed by atoms with E-state index in [-0.39, 0.29) is 0 Å². The van der Waals surface area contributed by atoms with Gasteiger partial charge in [-0.1, -0.05) is 18.2 Å². The van der Waals surface area contributed by atoms with Gasteiger partial charge in [-0.15, -0.1) is 0 Å². The van der Waals surface area contributed by atoms with E-state index in [9.17, 15) is 4.79 Å². The van der Waals surface area contributed by atoms with Crippen LogP contribution in [0.4, 0.5) is 4.79 Å². The number of aryl methyl sites for hydroxylation is 1. The summed E-state index contributed by atoms with van der Waals surface area (Å²) in [5, 5.41) is 0.829. The summed E-state index contributed by atoms with van der Waals surface area (Å²) in [6.07, 6.45) is 2.92. The van der Waals surface area contributed by atoms with Crippen molar-refractivity contribution < 1.29 is 4.79 Å². The number of halogens is 1. The fourth-order valence-electron chi connectivity index (χ4n) is 2.00. The number of benzene rings is 1. The van der Waals surface area contributed by atoms with E-state index in [0.717, 1.165) is 6.42 Å². The van der Waals surface area contributed by atoms with Crippen molar-refractivity contribution in [1.82, 2.24) is 9.47 Å². The number of carbonyl (C=O) groups is 1. The highest BCUT2D eigenvalue weighted by Gasteiger charge is 2.08. The van der Waals surface area contributed by atoms with E-state index in [2.05, 4.69) is 22.9 Å². The Morgan fingerprint density at radius 1 is 1.41 bits per heavy atom. The van der Waals surface area contributed by atoms with Crippen molar-refractivity contribution in [2.24, 2.45) is 7.05 Å². The lowest BCUT2D eigenvalue weighted by Crippen LogP contribution is -2.23. The molecule has 0 aliphatic heterocycles. The molecule has 0 aliphatic rings. The van der Waals surface area contributed by atoms with E-state index in [1.165, 1.54) is 21.4 Å². The highest BCUT2D eigenvalue weighted by atomic mass is 35.5. The number of para-hydroxylation sites is 1.